The quantitative estimate of drug-likeness (QED) is 0.665. The van der Waals surface area contributed by atoms with Crippen molar-refractivity contribution >= 4 is 0 Å². The molecule has 0 radical (unpaired) electrons. The van der Waals surface area contributed by atoms with Gasteiger partial charge in [-0.3, -0.25) is 0 Å². The zero-order valence-electron chi connectivity index (χ0n) is 10.5. The van der Waals surface area contributed by atoms with Crippen LogP contribution in [0.15, 0.2) is 12.4 Å². The van der Waals surface area contributed by atoms with Gasteiger partial charge in [0.15, 0.2) is 0 Å². The van der Waals surface area contributed by atoms with E-state index in [2.05, 4.69) is 29.1 Å². The lowest BCUT2D eigenvalue weighted by Gasteiger charge is -2.20. The van der Waals surface area contributed by atoms with Crippen molar-refractivity contribution in [1.29, 1.82) is 0 Å². The average Bonchev–Trinajstić information content (AvgIpc) is 2.75. The Balaban J connectivity index is 2.13. The summed E-state index contributed by atoms with van der Waals surface area (Å²) in [6, 6.07) is 0. The van der Waals surface area contributed by atoms with Crippen molar-refractivity contribution in [3.63, 3.8) is 0 Å². The maximum absolute atomic E-state index is 5.68. The van der Waals surface area contributed by atoms with E-state index in [1.165, 1.54) is 0 Å². The van der Waals surface area contributed by atoms with Gasteiger partial charge in [-0.2, -0.15) is 0 Å². The molecule has 92 valence electrons. The lowest BCUT2D eigenvalue weighted by molar-refractivity contribution is 0.0250. The number of hydrogen-bond acceptors (Lipinski definition) is 3. The molecule has 0 spiro atoms. The summed E-state index contributed by atoms with van der Waals surface area (Å²) in [6.45, 7) is 9.00. The van der Waals surface area contributed by atoms with Gasteiger partial charge in [0.2, 0.25) is 0 Å². The normalized spacial score (nSPS) is 13.2. The monoisotopic (exact) mass is 225 g/mol. The molecule has 0 amide bonds. The molecule has 0 aromatic carbocycles. The van der Waals surface area contributed by atoms with Crippen LogP contribution in [0.1, 0.15) is 33.0 Å². The molecule has 0 aliphatic heterocycles. The zero-order valence-corrected chi connectivity index (χ0v) is 10.5. The molecule has 1 rings (SSSR count). The van der Waals surface area contributed by atoms with Crippen LogP contribution in [0.5, 0.6) is 0 Å². The number of rotatable bonds is 8. The number of nitrogens with zero attached hydrogens (tertiary/aromatic N) is 1. The molecule has 16 heavy (non-hydrogen) atoms. The highest BCUT2D eigenvalue weighted by Crippen LogP contribution is 2.09. The largest absolute Gasteiger partial charge is 0.378 e. The first-order valence-electron chi connectivity index (χ1n) is 6.04. The van der Waals surface area contributed by atoms with E-state index in [1.807, 2.05) is 13.1 Å². The summed E-state index contributed by atoms with van der Waals surface area (Å²) in [5, 5.41) is 3.36. The molecule has 1 aromatic rings. The number of aromatic nitrogens is 2. The van der Waals surface area contributed by atoms with Gasteiger partial charge >= 0.3 is 0 Å². The minimum absolute atomic E-state index is 0.356. The van der Waals surface area contributed by atoms with Crippen LogP contribution in [0, 0.1) is 5.92 Å². The maximum atomic E-state index is 5.68. The Bertz CT molecular complexity index is 259. The number of hydrogen-bond donors (Lipinski definition) is 2. The zero-order chi connectivity index (χ0) is 11.8. The van der Waals surface area contributed by atoms with Gasteiger partial charge in [0, 0.05) is 19.0 Å². The Morgan fingerprint density at radius 1 is 1.50 bits per heavy atom. The topological polar surface area (TPSA) is 49.9 Å². The van der Waals surface area contributed by atoms with E-state index in [1.54, 1.807) is 6.20 Å². The van der Waals surface area contributed by atoms with Crippen molar-refractivity contribution < 1.29 is 4.74 Å². The summed E-state index contributed by atoms with van der Waals surface area (Å²) in [5.41, 5.74) is 0. The molecule has 0 saturated carbocycles. The van der Waals surface area contributed by atoms with Crippen molar-refractivity contribution in [1.82, 2.24) is 15.3 Å². The third-order valence-corrected chi connectivity index (χ3v) is 2.58. The highest BCUT2D eigenvalue weighted by Gasteiger charge is 2.12. The van der Waals surface area contributed by atoms with Crippen LogP contribution >= 0.6 is 0 Å². The molecule has 0 aliphatic rings. The van der Waals surface area contributed by atoms with Gasteiger partial charge in [-0.05, 0) is 25.8 Å². The second-order valence-corrected chi connectivity index (χ2v) is 4.24. The van der Waals surface area contributed by atoms with Gasteiger partial charge in [-0.15, -0.1) is 0 Å². The van der Waals surface area contributed by atoms with Gasteiger partial charge in [-0.25, -0.2) is 4.98 Å². The number of ether oxygens (including phenoxy) is 1. The SMILES string of the molecule is CCOC(CCNCc1ncc[nH]1)C(C)C. The van der Waals surface area contributed by atoms with Crippen molar-refractivity contribution in [3.05, 3.63) is 18.2 Å². The molecular formula is C12H23N3O. The number of imidazole rings is 1. The summed E-state index contributed by atoms with van der Waals surface area (Å²) in [7, 11) is 0. The minimum atomic E-state index is 0.356. The van der Waals surface area contributed by atoms with E-state index >= 15 is 0 Å². The molecule has 2 N–H and O–H groups in total. The van der Waals surface area contributed by atoms with Crippen LogP contribution in [-0.4, -0.2) is 29.2 Å². The van der Waals surface area contributed by atoms with E-state index in [4.69, 9.17) is 4.74 Å². The predicted octanol–water partition coefficient (Wildman–Crippen LogP) is 1.95. The maximum Gasteiger partial charge on any atom is 0.120 e. The van der Waals surface area contributed by atoms with Crippen LogP contribution in [0.2, 0.25) is 0 Å². The number of nitrogens with one attached hydrogen (secondary N) is 2. The molecule has 0 saturated heterocycles. The second kappa shape index (κ2) is 7.41. The molecule has 4 heteroatoms. The molecule has 4 nitrogen and oxygen atoms in total. The number of H-pyrrole nitrogens is 1. The molecule has 1 unspecified atom stereocenters. The average molecular weight is 225 g/mol. The summed E-state index contributed by atoms with van der Waals surface area (Å²) in [5.74, 6) is 1.56. The van der Waals surface area contributed by atoms with Crippen LogP contribution in [0.3, 0.4) is 0 Å². The van der Waals surface area contributed by atoms with Gasteiger partial charge < -0.3 is 15.0 Å². The standard InChI is InChI=1S/C12H23N3O/c1-4-16-11(10(2)3)5-6-13-9-12-14-7-8-15-12/h7-8,10-11,13H,4-6,9H2,1-3H3,(H,14,15). The molecule has 0 aliphatic carbocycles. The van der Waals surface area contributed by atoms with Crippen molar-refractivity contribution in [2.45, 2.75) is 39.8 Å². The van der Waals surface area contributed by atoms with E-state index in [0.717, 1.165) is 31.9 Å². The summed E-state index contributed by atoms with van der Waals surface area (Å²) < 4.78 is 5.68. The Hall–Kier alpha value is -0.870. The van der Waals surface area contributed by atoms with Gasteiger partial charge in [0.1, 0.15) is 5.82 Å². The Morgan fingerprint density at radius 3 is 2.88 bits per heavy atom. The highest BCUT2D eigenvalue weighted by atomic mass is 16.5. The highest BCUT2D eigenvalue weighted by molar-refractivity contribution is 4.85. The fourth-order valence-electron chi connectivity index (χ4n) is 1.67. The van der Waals surface area contributed by atoms with Gasteiger partial charge in [0.05, 0.1) is 12.6 Å². The third-order valence-electron chi connectivity index (χ3n) is 2.58. The van der Waals surface area contributed by atoms with Crippen LogP contribution < -0.4 is 5.32 Å². The Morgan fingerprint density at radius 2 is 2.31 bits per heavy atom. The molecule has 0 fully saturated rings. The summed E-state index contributed by atoms with van der Waals surface area (Å²) in [6.07, 6.45) is 5.02. The van der Waals surface area contributed by atoms with Gasteiger partial charge in [0.25, 0.3) is 0 Å². The molecule has 1 atom stereocenters. The fraction of sp³-hybridized carbons (Fsp3) is 0.750. The Kier molecular flexibility index (Phi) is 6.11. The predicted molar refractivity (Wildman–Crippen MR) is 65.2 cm³/mol. The molecule has 1 heterocycles. The molecule has 0 bridgehead atoms. The van der Waals surface area contributed by atoms with Crippen LogP contribution in [0.4, 0.5) is 0 Å². The first kappa shape index (κ1) is 13.2. The first-order valence-corrected chi connectivity index (χ1v) is 6.04. The van der Waals surface area contributed by atoms with E-state index in [9.17, 15) is 0 Å². The smallest absolute Gasteiger partial charge is 0.120 e. The first-order chi connectivity index (χ1) is 7.74. The summed E-state index contributed by atoms with van der Waals surface area (Å²) >= 11 is 0. The summed E-state index contributed by atoms with van der Waals surface area (Å²) in [4.78, 5) is 7.22. The van der Waals surface area contributed by atoms with Crippen LogP contribution in [-0.2, 0) is 11.3 Å². The Labute approximate surface area is 97.8 Å². The van der Waals surface area contributed by atoms with Crippen LogP contribution in [0.25, 0.3) is 0 Å². The lowest BCUT2D eigenvalue weighted by atomic mass is 10.0. The number of aromatic amines is 1. The lowest BCUT2D eigenvalue weighted by Crippen LogP contribution is -2.26. The molecule has 1 aromatic heterocycles. The fourth-order valence-corrected chi connectivity index (χ4v) is 1.67. The van der Waals surface area contributed by atoms with Crippen molar-refractivity contribution in [2.75, 3.05) is 13.2 Å². The van der Waals surface area contributed by atoms with Crippen molar-refractivity contribution in [2.24, 2.45) is 5.92 Å². The molecular weight excluding hydrogens is 202 g/mol. The third kappa shape index (κ3) is 4.77. The second-order valence-electron chi connectivity index (χ2n) is 4.24. The van der Waals surface area contributed by atoms with E-state index in [-0.39, 0.29) is 0 Å². The van der Waals surface area contributed by atoms with E-state index < -0.39 is 0 Å². The van der Waals surface area contributed by atoms with E-state index in [0.29, 0.717) is 12.0 Å². The van der Waals surface area contributed by atoms with Gasteiger partial charge in [-0.1, -0.05) is 13.8 Å². The van der Waals surface area contributed by atoms with Crippen molar-refractivity contribution in [3.8, 4) is 0 Å². The minimum Gasteiger partial charge on any atom is -0.378 e.